The molecule has 0 aliphatic carbocycles. The maximum Gasteiger partial charge on any atom is 0.248 e. The van der Waals surface area contributed by atoms with E-state index in [-0.39, 0.29) is 6.10 Å². The van der Waals surface area contributed by atoms with Crippen LogP contribution in [0.1, 0.15) is 22.0 Å². The number of benzene rings is 1. The molecule has 3 N–H and O–H groups in total. The van der Waals surface area contributed by atoms with Gasteiger partial charge in [-0.3, -0.25) is 4.79 Å². The monoisotopic (exact) mass is 271 g/mol. The summed E-state index contributed by atoms with van der Waals surface area (Å²) >= 11 is 0. The van der Waals surface area contributed by atoms with Gasteiger partial charge >= 0.3 is 0 Å². The van der Waals surface area contributed by atoms with E-state index in [1.54, 1.807) is 25.4 Å². The van der Waals surface area contributed by atoms with E-state index in [4.69, 9.17) is 10.5 Å². The first-order valence-electron chi connectivity index (χ1n) is 6.28. The van der Waals surface area contributed by atoms with E-state index in [9.17, 15) is 4.79 Å². The highest BCUT2D eigenvalue weighted by molar-refractivity contribution is 5.93. The van der Waals surface area contributed by atoms with Crippen molar-refractivity contribution in [1.29, 1.82) is 0 Å². The van der Waals surface area contributed by atoms with Crippen LogP contribution in [-0.2, 0) is 4.74 Å². The van der Waals surface area contributed by atoms with Crippen LogP contribution in [0.2, 0.25) is 0 Å². The number of carbonyl (C=O) groups excluding carboxylic acids is 1. The molecule has 2 aromatic rings. The molecule has 1 heterocycles. The zero-order valence-corrected chi connectivity index (χ0v) is 11.2. The summed E-state index contributed by atoms with van der Waals surface area (Å²) in [5.41, 5.74) is 6.74. The highest BCUT2D eigenvalue weighted by Gasteiger charge is 2.10. The number of hydrogen-bond acceptors (Lipinski definition) is 4. The average Bonchev–Trinajstić information content (AvgIpc) is 2.49. The van der Waals surface area contributed by atoms with Crippen molar-refractivity contribution >= 4 is 11.7 Å². The minimum absolute atomic E-state index is 0.0877. The van der Waals surface area contributed by atoms with Gasteiger partial charge in [0.15, 0.2) is 0 Å². The van der Waals surface area contributed by atoms with Gasteiger partial charge in [0.1, 0.15) is 5.82 Å². The van der Waals surface area contributed by atoms with Gasteiger partial charge in [0.2, 0.25) is 5.91 Å². The van der Waals surface area contributed by atoms with Crippen molar-refractivity contribution in [3.8, 4) is 0 Å². The lowest BCUT2D eigenvalue weighted by Gasteiger charge is -2.17. The number of nitrogens with two attached hydrogens (primary N) is 1. The van der Waals surface area contributed by atoms with E-state index in [2.05, 4.69) is 10.3 Å². The SMILES string of the molecule is CO[C@@H](CNc1cc(C(N)=O)ccn1)c1ccccc1. The largest absolute Gasteiger partial charge is 0.375 e. The van der Waals surface area contributed by atoms with E-state index < -0.39 is 5.91 Å². The molecule has 0 spiro atoms. The second kappa shape index (κ2) is 6.68. The van der Waals surface area contributed by atoms with Gasteiger partial charge in [-0.15, -0.1) is 0 Å². The van der Waals surface area contributed by atoms with Gasteiger partial charge in [-0.1, -0.05) is 30.3 Å². The third kappa shape index (κ3) is 3.55. The van der Waals surface area contributed by atoms with Crippen molar-refractivity contribution in [2.45, 2.75) is 6.10 Å². The predicted molar refractivity (Wildman–Crippen MR) is 77.4 cm³/mol. The second-order valence-corrected chi connectivity index (χ2v) is 4.31. The van der Waals surface area contributed by atoms with Gasteiger partial charge in [0, 0.05) is 25.4 Å². The third-order valence-corrected chi connectivity index (χ3v) is 2.97. The van der Waals surface area contributed by atoms with Crippen molar-refractivity contribution in [1.82, 2.24) is 4.98 Å². The number of hydrogen-bond donors (Lipinski definition) is 2. The molecule has 0 saturated heterocycles. The standard InChI is InChI=1S/C15H17N3O2/c1-20-13(11-5-3-2-4-6-11)10-18-14-9-12(15(16)19)7-8-17-14/h2-9,13H,10H2,1H3,(H2,16,19)(H,17,18)/t13-/m0/s1. The molecule has 0 bridgehead atoms. The van der Waals surface area contributed by atoms with Crippen LogP contribution in [0.4, 0.5) is 5.82 Å². The number of nitrogens with one attached hydrogen (secondary N) is 1. The summed E-state index contributed by atoms with van der Waals surface area (Å²) in [7, 11) is 1.66. The number of amides is 1. The second-order valence-electron chi connectivity index (χ2n) is 4.31. The maximum atomic E-state index is 11.1. The molecule has 5 heteroatoms. The van der Waals surface area contributed by atoms with Crippen molar-refractivity contribution in [3.05, 3.63) is 59.8 Å². The summed E-state index contributed by atoms with van der Waals surface area (Å²) in [5.74, 6) is 0.126. The number of rotatable bonds is 6. The molecule has 1 aromatic heterocycles. The van der Waals surface area contributed by atoms with Crippen LogP contribution < -0.4 is 11.1 Å². The van der Waals surface area contributed by atoms with E-state index in [1.807, 2.05) is 30.3 Å². The fourth-order valence-electron chi connectivity index (χ4n) is 1.88. The van der Waals surface area contributed by atoms with Crippen LogP contribution in [0, 0.1) is 0 Å². The van der Waals surface area contributed by atoms with Crippen molar-refractivity contribution in [3.63, 3.8) is 0 Å². The van der Waals surface area contributed by atoms with E-state index in [0.717, 1.165) is 5.56 Å². The summed E-state index contributed by atoms with van der Waals surface area (Å²) in [6.07, 6.45) is 1.46. The molecule has 0 aliphatic heterocycles. The van der Waals surface area contributed by atoms with Gasteiger partial charge in [0.05, 0.1) is 6.10 Å². The zero-order chi connectivity index (χ0) is 14.4. The highest BCUT2D eigenvalue weighted by Crippen LogP contribution is 2.17. The molecule has 0 unspecified atom stereocenters. The van der Waals surface area contributed by atoms with Gasteiger partial charge in [-0.05, 0) is 17.7 Å². The van der Waals surface area contributed by atoms with Crippen LogP contribution in [0.5, 0.6) is 0 Å². The first-order chi connectivity index (χ1) is 9.70. The fourth-order valence-corrected chi connectivity index (χ4v) is 1.88. The number of carbonyl (C=O) groups is 1. The number of pyridine rings is 1. The molecule has 104 valence electrons. The Morgan fingerprint density at radius 3 is 2.75 bits per heavy atom. The van der Waals surface area contributed by atoms with Gasteiger partial charge in [0.25, 0.3) is 0 Å². The predicted octanol–water partition coefficient (Wildman–Crippen LogP) is 1.98. The van der Waals surface area contributed by atoms with Crippen molar-refractivity contribution < 1.29 is 9.53 Å². The summed E-state index contributed by atoms with van der Waals surface area (Å²) in [6.45, 7) is 0.551. The van der Waals surface area contributed by atoms with Gasteiger partial charge in [-0.25, -0.2) is 4.98 Å². The minimum atomic E-state index is -0.471. The van der Waals surface area contributed by atoms with E-state index in [1.165, 1.54) is 0 Å². The van der Waals surface area contributed by atoms with Crippen LogP contribution >= 0.6 is 0 Å². The number of nitrogens with zero attached hydrogens (tertiary/aromatic N) is 1. The molecule has 1 atom stereocenters. The lowest BCUT2D eigenvalue weighted by Crippen LogP contribution is -2.16. The van der Waals surface area contributed by atoms with E-state index >= 15 is 0 Å². The quantitative estimate of drug-likeness (QED) is 0.842. The van der Waals surface area contributed by atoms with Crippen molar-refractivity contribution in [2.75, 3.05) is 19.0 Å². The van der Waals surface area contributed by atoms with Gasteiger partial charge < -0.3 is 15.8 Å². The number of methoxy groups -OCH3 is 1. The number of primary amides is 1. The summed E-state index contributed by atoms with van der Waals surface area (Å²) in [6, 6.07) is 13.1. The highest BCUT2D eigenvalue weighted by atomic mass is 16.5. The Morgan fingerprint density at radius 1 is 1.35 bits per heavy atom. The Hall–Kier alpha value is -2.40. The van der Waals surface area contributed by atoms with Crippen LogP contribution in [0.15, 0.2) is 48.7 Å². The molecule has 0 radical (unpaired) electrons. The topological polar surface area (TPSA) is 77.2 Å². The Bertz CT molecular complexity index is 572. The first-order valence-corrected chi connectivity index (χ1v) is 6.28. The molecule has 1 amide bonds. The molecule has 5 nitrogen and oxygen atoms in total. The zero-order valence-electron chi connectivity index (χ0n) is 11.2. The Morgan fingerprint density at radius 2 is 2.10 bits per heavy atom. The molecule has 0 saturated carbocycles. The smallest absolute Gasteiger partial charge is 0.248 e. The Labute approximate surface area is 117 Å². The third-order valence-electron chi connectivity index (χ3n) is 2.97. The minimum Gasteiger partial charge on any atom is -0.375 e. The maximum absolute atomic E-state index is 11.1. The summed E-state index contributed by atoms with van der Waals surface area (Å²) in [5, 5.41) is 3.15. The molecular formula is C15H17N3O2. The molecule has 0 aliphatic rings. The number of anilines is 1. The Balaban J connectivity index is 2.03. The Kier molecular flexibility index (Phi) is 4.68. The lowest BCUT2D eigenvalue weighted by molar-refractivity contribution is 0.1000. The molecule has 0 fully saturated rings. The molecular weight excluding hydrogens is 254 g/mol. The van der Waals surface area contributed by atoms with E-state index in [0.29, 0.717) is 17.9 Å². The number of aromatic nitrogens is 1. The van der Waals surface area contributed by atoms with Crippen LogP contribution in [0.3, 0.4) is 0 Å². The lowest BCUT2D eigenvalue weighted by atomic mass is 10.1. The van der Waals surface area contributed by atoms with Gasteiger partial charge in [-0.2, -0.15) is 0 Å². The molecule has 1 aromatic carbocycles. The van der Waals surface area contributed by atoms with Crippen LogP contribution in [-0.4, -0.2) is 24.5 Å². The number of ether oxygens (including phenoxy) is 1. The first kappa shape index (κ1) is 14.0. The van der Waals surface area contributed by atoms with Crippen LogP contribution in [0.25, 0.3) is 0 Å². The molecule has 2 rings (SSSR count). The summed E-state index contributed by atoms with van der Waals surface area (Å²) < 4.78 is 5.45. The fraction of sp³-hybridized carbons (Fsp3) is 0.200. The average molecular weight is 271 g/mol. The normalized spacial score (nSPS) is 11.8. The molecule has 20 heavy (non-hydrogen) atoms. The van der Waals surface area contributed by atoms with Crippen molar-refractivity contribution in [2.24, 2.45) is 5.73 Å². The summed E-state index contributed by atoms with van der Waals surface area (Å²) in [4.78, 5) is 15.3.